The summed E-state index contributed by atoms with van der Waals surface area (Å²) in [6, 6.07) is 11.0. The van der Waals surface area contributed by atoms with Crippen molar-refractivity contribution in [1.82, 2.24) is 0 Å². The van der Waals surface area contributed by atoms with Crippen LogP contribution < -0.4 is 24.3 Å². The van der Waals surface area contributed by atoms with Gasteiger partial charge in [0, 0.05) is 23.4 Å². The first-order valence-electron chi connectivity index (χ1n) is 8.00. The van der Waals surface area contributed by atoms with Crippen molar-refractivity contribution in [2.24, 2.45) is 0 Å². The summed E-state index contributed by atoms with van der Waals surface area (Å²) in [5, 5.41) is 2.94. The van der Waals surface area contributed by atoms with Gasteiger partial charge in [-0.3, -0.25) is 4.79 Å². The van der Waals surface area contributed by atoms with Crippen molar-refractivity contribution in [2.75, 3.05) is 33.3 Å². The van der Waals surface area contributed by atoms with Crippen molar-refractivity contribution in [2.45, 2.75) is 12.3 Å². The number of amides is 1. The van der Waals surface area contributed by atoms with Crippen LogP contribution in [0.2, 0.25) is 0 Å². The van der Waals surface area contributed by atoms with Gasteiger partial charge in [-0.1, -0.05) is 18.2 Å². The van der Waals surface area contributed by atoms with Gasteiger partial charge in [-0.15, -0.1) is 0 Å². The minimum Gasteiger partial charge on any atom is -0.493 e. The van der Waals surface area contributed by atoms with Crippen LogP contribution in [0.5, 0.6) is 23.0 Å². The van der Waals surface area contributed by atoms with Crippen LogP contribution in [0, 0.1) is 0 Å². The first-order valence-corrected chi connectivity index (χ1v) is 8.00. The Morgan fingerprint density at radius 2 is 1.76 bits per heavy atom. The van der Waals surface area contributed by atoms with E-state index in [1.54, 1.807) is 12.1 Å². The highest BCUT2D eigenvalue weighted by Gasteiger charge is 2.28. The molecule has 132 valence electrons. The number of para-hydroxylation sites is 1. The third-order valence-corrected chi connectivity index (χ3v) is 4.21. The maximum atomic E-state index is 12.8. The van der Waals surface area contributed by atoms with Gasteiger partial charge in [-0.25, -0.2) is 0 Å². The Hall–Kier alpha value is -2.89. The number of carbonyl (C=O) groups is 1. The molecule has 2 aromatic carbocycles. The molecule has 0 spiro atoms. The van der Waals surface area contributed by atoms with E-state index in [1.807, 2.05) is 24.3 Å². The van der Waals surface area contributed by atoms with Gasteiger partial charge in [0.1, 0.15) is 5.75 Å². The quantitative estimate of drug-likeness (QED) is 0.903. The van der Waals surface area contributed by atoms with E-state index in [1.165, 1.54) is 21.3 Å². The highest BCUT2D eigenvalue weighted by molar-refractivity contribution is 5.97. The number of methoxy groups -OCH3 is 3. The second kappa shape index (κ2) is 7.34. The minimum absolute atomic E-state index is 0.0926. The average Bonchev–Trinajstić information content (AvgIpc) is 2.66. The number of carbonyl (C=O) groups excluding carboxylic acids is 1. The maximum Gasteiger partial charge on any atom is 0.232 e. The van der Waals surface area contributed by atoms with Crippen LogP contribution in [0.25, 0.3) is 0 Å². The Morgan fingerprint density at radius 1 is 1.08 bits per heavy atom. The van der Waals surface area contributed by atoms with Gasteiger partial charge in [0.2, 0.25) is 11.7 Å². The first kappa shape index (κ1) is 17.0. The van der Waals surface area contributed by atoms with E-state index in [9.17, 15) is 4.79 Å². The van der Waals surface area contributed by atoms with Gasteiger partial charge in [0.25, 0.3) is 0 Å². The summed E-state index contributed by atoms with van der Waals surface area (Å²) in [6.07, 6.45) is 0.632. The molecule has 2 aromatic rings. The largest absolute Gasteiger partial charge is 0.493 e. The smallest absolute Gasteiger partial charge is 0.232 e. The lowest BCUT2D eigenvalue weighted by molar-refractivity contribution is -0.118. The Morgan fingerprint density at radius 3 is 2.40 bits per heavy atom. The average molecular weight is 343 g/mol. The molecule has 3 rings (SSSR count). The van der Waals surface area contributed by atoms with Crippen molar-refractivity contribution in [1.29, 1.82) is 0 Å². The highest BCUT2D eigenvalue weighted by Crippen LogP contribution is 2.40. The first-order chi connectivity index (χ1) is 12.2. The normalized spacial score (nSPS) is 15.6. The van der Waals surface area contributed by atoms with Crippen molar-refractivity contribution in [3.8, 4) is 23.0 Å². The van der Waals surface area contributed by atoms with E-state index in [0.717, 1.165) is 11.3 Å². The minimum atomic E-state index is -0.260. The number of nitrogens with one attached hydrogen (secondary N) is 1. The molecule has 1 amide bonds. The van der Waals surface area contributed by atoms with Crippen LogP contribution >= 0.6 is 0 Å². The van der Waals surface area contributed by atoms with Gasteiger partial charge in [0.15, 0.2) is 11.5 Å². The van der Waals surface area contributed by atoms with Crippen LogP contribution in [-0.4, -0.2) is 33.8 Å². The molecule has 1 N–H and O–H groups in total. The molecule has 25 heavy (non-hydrogen) atoms. The second-order valence-electron chi connectivity index (χ2n) is 5.63. The summed E-state index contributed by atoms with van der Waals surface area (Å²) in [5.41, 5.74) is 1.49. The van der Waals surface area contributed by atoms with Crippen molar-refractivity contribution in [3.63, 3.8) is 0 Å². The van der Waals surface area contributed by atoms with Gasteiger partial charge < -0.3 is 24.3 Å². The van der Waals surface area contributed by atoms with Crippen molar-refractivity contribution < 1.29 is 23.7 Å². The molecule has 1 unspecified atom stereocenters. The van der Waals surface area contributed by atoms with Crippen LogP contribution in [-0.2, 0) is 4.79 Å². The number of rotatable bonds is 5. The van der Waals surface area contributed by atoms with Crippen LogP contribution in [0.4, 0.5) is 5.69 Å². The lowest BCUT2D eigenvalue weighted by Gasteiger charge is -2.25. The maximum absolute atomic E-state index is 12.8. The molecule has 0 saturated carbocycles. The van der Waals surface area contributed by atoms with Crippen LogP contribution in [0.3, 0.4) is 0 Å². The SMILES string of the molecule is COc1cc(NC(=O)C2CCOc3ccccc32)cc(OC)c1OC. The molecule has 1 heterocycles. The van der Waals surface area contributed by atoms with E-state index >= 15 is 0 Å². The molecular weight excluding hydrogens is 322 g/mol. The molecule has 0 fully saturated rings. The summed E-state index contributed by atoms with van der Waals surface area (Å²) in [5.74, 6) is 1.88. The fourth-order valence-corrected chi connectivity index (χ4v) is 3.00. The lowest BCUT2D eigenvalue weighted by Crippen LogP contribution is -2.26. The van der Waals surface area contributed by atoms with Crippen LogP contribution in [0.15, 0.2) is 36.4 Å². The predicted octanol–water partition coefficient (Wildman–Crippen LogP) is 3.22. The van der Waals surface area contributed by atoms with Gasteiger partial charge in [-0.05, 0) is 12.5 Å². The Labute approximate surface area is 146 Å². The van der Waals surface area contributed by atoms with Crippen molar-refractivity contribution >= 4 is 11.6 Å². The van der Waals surface area contributed by atoms with E-state index in [4.69, 9.17) is 18.9 Å². The zero-order valence-electron chi connectivity index (χ0n) is 14.5. The second-order valence-corrected chi connectivity index (χ2v) is 5.63. The Balaban J connectivity index is 1.87. The monoisotopic (exact) mass is 343 g/mol. The fraction of sp³-hybridized carbons (Fsp3) is 0.316. The standard InChI is InChI=1S/C19H21NO5/c1-22-16-10-12(11-17(23-2)18(16)24-3)20-19(21)14-8-9-25-15-7-5-4-6-13(14)15/h4-7,10-11,14H,8-9H2,1-3H3,(H,20,21). The Kier molecular flexibility index (Phi) is 4.97. The van der Waals surface area contributed by atoms with E-state index in [2.05, 4.69) is 5.32 Å². The number of hydrogen-bond donors (Lipinski definition) is 1. The van der Waals surface area contributed by atoms with Gasteiger partial charge >= 0.3 is 0 Å². The predicted molar refractivity (Wildman–Crippen MR) is 94.0 cm³/mol. The molecule has 0 radical (unpaired) electrons. The molecule has 6 heteroatoms. The van der Waals surface area contributed by atoms with E-state index < -0.39 is 0 Å². The number of hydrogen-bond acceptors (Lipinski definition) is 5. The molecule has 0 saturated heterocycles. The summed E-state index contributed by atoms with van der Waals surface area (Å²) >= 11 is 0. The van der Waals surface area contributed by atoms with E-state index in [-0.39, 0.29) is 11.8 Å². The molecule has 1 aliphatic rings. The number of fused-ring (bicyclic) bond motifs is 1. The summed E-state index contributed by atoms with van der Waals surface area (Å²) < 4.78 is 21.6. The van der Waals surface area contributed by atoms with Crippen LogP contribution in [0.1, 0.15) is 17.9 Å². The zero-order chi connectivity index (χ0) is 17.8. The molecule has 6 nitrogen and oxygen atoms in total. The van der Waals surface area contributed by atoms with Gasteiger partial charge in [-0.2, -0.15) is 0 Å². The number of benzene rings is 2. The topological polar surface area (TPSA) is 66.0 Å². The summed E-state index contributed by atoms with van der Waals surface area (Å²) in [6.45, 7) is 0.518. The number of ether oxygens (including phenoxy) is 4. The molecule has 0 bridgehead atoms. The fourth-order valence-electron chi connectivity index (χ4n) is 3.00. The lowest BCUT2D eigenvalue weighted by atomic mass is 9.92. The molecular formula is C19H21NO5. The van der Waals surface area contributed by atoms with E-state index in [0.29, 0.717) is 36.0 Å². The molecule has 1 aliphatic heterocycles. The third-order valence-electron chi connectivity index (χ3n) is 4.21. The highest BCUT2D eigenvalue weighted by atomic mass is 16.5. The third kappa shape index (κ3) is 3.33. The number of anilines is 1. The Bertz CT molecular complexity index is 749. The van der Waals surface area contributed by atoms with Gasteiger partial charge in [0.05, 0.1) is 33.9 Å². The summed E-state index contributed by atoms with van der Waals surface area (Å²) in [7, 11) is 4.62. The van der Waals surface area contributed by atoms with Crippen molar-refractivity contribution in [3.05, 3.63) is 42.0 Å². The summed E-state index contributed by atoms with van der Waals surface area (Å²) in [4.78, 5) is 12.8. The molecule has 0 aromatic heterocycles. The molecule has 1 atom stereocenters. The molecule has 0 aliphatic carbocycles. The zero-order valence-corrected chi connectivity index (χ0v) is 14.5.